The lowest BCUT2D eigenvalue weighted by atomic mass is 10.2. The van der Waals surface area contributed by atoms with Gasteiger partial charge in [-0.25, -0.2) is 0 Å². The first kappa shape index (κ1) is 19.0. The Morgan fingerprint density at radius 1 is 0.706 bits per heavy atom. The van der Waals surface area contributed by atoms with Gasteiger partial charge in [0.15, 0.2) is 16.5 Å². The van der Waals surface area contributed by atoms with Crippen LogP contribution in [0.3, 0.4) is 0 Å². The van der Waals surface area contributed by atoms with Crippen LogP contribution in [0, 0.1) is 0 Å². The second-order valence-corrected chi connectivity index (χ2v) is 8.69. The molecule has 0 N–H and O–H groups in total. The van der Waals surface area contributed by atoms with Gasteiger partial charge in [0.25, 0.3) is 0 Å². The van der Waals surface area contributed by atoms with Crippen LogP contribution in [0.4, 0.5) is 11.5 Å². The molecule has 3 aromatic carbocycles. The number of fused-ring (bicyclic) bond motifs is 3. The number of para-hydroxylation sites is 2. The first-order valence-corrected chi connectivity index (χ1v) is 11.7. The molecule has 0 atom stereocenters. The summed E-state index contributed by atoms with van der Waals surface area (Å²) in [5, 5.41) is 13.0. The van der Waals surface area contributed by atoms with Gasteiger partial charge in [0.1, 0.15) is 22.6 Å². The van der Waals surface area contributed by atoms with Crippen LogP contribution < -0.4 is 0 Å². The monoisotopic (exact) mass is 460 g/mol. The number of imidazole rings is 1. The average Bonchev–Trinajstić information content (AvgIpc) is 3.64. The van der Waals surface area contributed by atoms with Gasteiger partial charge in [0.05, 0.1) is 5.69 Å². The number of azo groups is 1. The Bertz CT molecular complexity index is 1760. The molecule has 6 nitrogen and oxygen atoms in total. The van der Waals surface area contributed by atoms with Gasteiger partial charge >= 0.3 is 0 Å². The second kappa shape index (κ2) is 7.54. The quantitative estimate of drug-likeness (QED) is 0.247. The third-order valence-corrected chi connectivity index (χ3v) is 6.52. The number of nitrogens with zero attached hydrogens (tertiary/aromatic N) is 4. The van der Waals surface area contributed by atoms with Crippen molar-refractivity contribution in [2.24, 2.45) is 10.2 Å². The lowest BCUT2D eigenvalue weighted by Crippen LogP contribution is -1.87. The molecular weight excluding hydrogens is 444 g/mol. The highest BCUT2D eigenvalue weighted by atomic mass is 32.1. The molecule has 0 radical (unpaired) electrons. The Morgan fingerprint density at radius 2 is 1.35 bits per heavy atom. The number of hydrogen-bond acceptors (Lipinski definition) is 6. The summed E-state index contributed by atoms with van der Waals surface area (Å²) in [6.07, 6.45) is 0. The van der Waals surface area contributed by atoms with E-state index in [2.05, 4.69) is 10.2 Å². The van der Waals surface area contributed by atoms with Gasteiger partial charge in [-0.1, -0.05) is 54.6 Å². The minimum atomic E-state index is 0.493. The molecule has 162 valence electrons. The molecule has 34 heavy (non-hydrogen) atoms. The van der Waals surface area contributed by atoms with E-state index in [4.69, 9.17) is 13.8 Å². The van der Waals surface area contributed by atoms with E-state index < -0.39 is 0 Å². The minimum absolute atomic E-state index is 0.493. The molecular formula is C27H16N4O2S. The van der Waals surface area contributed by atoms with Gasteiger partial charge in [-0.3, -0.25) is 4.40 Å². The Balaban J connectivity index is 1.47. The van der Waals surface area contributed by atoms with Crippen LogP contribution in [-0.2, 0) is 0 Å². The predicted octanol–water partition coefficient (Wildman–Crippen LogP) is 8.64. The predicted molar refractivity (Wildman–Crippen MR) is 134 cm³/mol. The molecule has 4 aromatic heterocycles. The van der Waals surface area contributed by atoms with Crippen LogP contribution in [0.1, 0.15) is 0 Å². The maximum atomic E-state index is 6.24. The highest BCUT2D eigenvalue weighted by Crippen LogP contribution is 2.41. The van der Waals surface area contributed by atoms with Gasteiger partial charge in [0, 0.05) is 16.2 Å². The summed E-state index contributed by atoms with van der Waals surface area (Å²) in [6, 6.07) is 29.6. The fourth-order valence-electron chi connectivity index (χ4n) is 4.12. The van der Waals surface area contributed by atoms with Crippen molar-refractivity contribution in [1.82, 2.24) is 9.38 Å². The lowest BCUT2D eigenvalue weighted by Gasteiger charge is -2.01. The zero-order valence-corrected chi connectivity index (χ0v) is 18.6. The molecule has 0 fully saturated rings. The van der Waals surface area contributed by atoms with E-state index in [-0.39, 0.29) is 0 Å². The van der Waals surface area contributed by atoms with Crippen LogP contribution in [0.2, 0.25) is 0 Å². The Morgan fingerprint density at radius 3 is 2.09 bits per heavy atom. The van der Waals surface area contributed by atoms with Crippen molar-refractivity contribution < 1.29 is 8.83 Å². The third-order valence-electron chi connectivity index (χ3n) is 5.70. The van der Waals surface area contributed by atoms with Crippen LogP contribution in [-0.4, -0.2) is 9.38 Å². The first-order valence-electron chi connectivity index (χ1n) is 10.8. The Hall–Kier alpha value is -4.49. The lowest BCUT2D eigenvalue weighted by molar-refractivity contribution is 0.623. The maximum absolute atomic E-state index is 6.24. The Labute approximate surface area is 197 Å². The third kappa shape index (κ3) is 3.06. The molecule has 7 rings (SSSR count). The smallest absolute Gasteiger partial charge is 0.205 e. The highest BCUT2D eigenvalue weighted by Gasteiger charge is 2.23. The van der Waals surface area contributed by atoms with Crippen molar-refractivity contribution in [1.29, 1.82) is 0 Å². The second-order valence-electron chi connectivity index (χ2n) is 7.86. The van der Waals surface area contributed by atoms with Gasteiger partial charge < -0.3 is 8.83 Å². The van der Waals surface area contributed by atoms with E-state index in [1.54, 1.807) is 0 Å². The van der Waals surface area contributed by atoms with Crippen LogP contribution in [0.15, 0.2) is 115 Å². The molecule has 0 aliphatic heterocycles. The van der Waals surface area contributed by atoms with Gasteiger partial charge in [0.2, 0.25) is 5.82 Å². The summed E-state index contributed by atoms with van der Waals surface area (Å²) in [6.45, 7) is 0. The number of furan rings is 2. The van der Waals surface area contributed by atoms with Gasteiger partial charge in [-0.2, -0.15) is 4.98 Å². The number of thiazole rings is 1. The highest BCUT2D eigenvalue weighted by molar-refractivity contribution is 7.15. The molecule has 4 heterocycles. The molecule has 0 saturated heterocycles. The average molecular weight is 461 g/mol. The van der Waals surface area contributed by atoms with E-state index in [9.17, 15) is 0 Å². The van der Waals surface area contributed by atoms with Gasteiger partial charge in [-0.15, -0.1) is 21.6 Å². The number of aromatic nitrogens is 2. The summed E-state index contributed by atoms with van der Waals surface area (Å²) in [4.78, 5) is 5.58. The summed E-state index contributed by atoms with van der Waals surface area (Å²) in [5.41, 5.74) is 4.03. The summed E-state index contributed by atoms with van der Waals surface area (Å²) >= 11 is 1.53. The van der Waals surface area contributed by atoms with E-state index in [1.807, 2.05) is 101 Å². The van der Waals surface area contributed by atoms with E-state index in [0.717, 1.165) is 49.7 Å². The largest absolute Gasteiger partial charge is 0.454 e. The molecule has 0 amide bonds. The minimum Gasteiger partial charge on any atom is -0.454 e. The zero-order chi connectivity index (χ0) is 22.5. The fourth-order valence-corrected chi connectivity index (χ4v) is 4.99. The van der Waals surface area contributed by atoms with Crippen LogP contribution >= 0.6 is 11.3 Å². The van der Waals surface area contributed by atoms with Crippen molar-refractivity contribution in [2.45, 2.75) is 0 Å². The molecule has 7 aromatic rings. The maximum Gasteiger partial charge on any atom is 0.205 e. The Kier molecular flexibility index (Phi) is 4.22. The number of hydrogen-bond donors (Lipinski definition) is 0. The summed E-state index contributed by atoms with van der Waals surface area (Å²) < 4.78 is 14.5. The summed E-state index contributed by atoms with van der Waals surface area (Å²) in [5.74, 6) is 1.92. The summed E-state index contributed by atoms with van der Waals surface area (Å²) in [7, 11) is 0. The standard InChI is InChI=1S/C27H16N4O2S/c1-2-10-19(11-3-1)29-30-26-25(24-15-18-9-5-7-13-22(18)33-24)31-20(16-34-27(31)28-26)23-14-17-8-4-6-12-21(17)32-23/h1-16H. The van der Waals surface area contributed by atoms with Crippen molar-refractivity contribution >= 4 is 49.7 Å². The fraction of sp³-hybridized carbons (Fsp3) is 0. The number of rotatable bonds is 4. The van der Waals surface area contributed by atoms with Crippen LogP contribution in [0.25, 0.3) is 49.8 Å². The van der Waals surface area contributed by atoms with E-state index in [0.29, 0.717) is 11.6 Å². The molecule has 7 heteroatoms. The van der Waals surface area contributed by atoms with Crippen molar-refractivity contribution in [2.75, 3.05) is 0 Å². The van der Waals surface area contributed by atoms with Crippen molar-refractivity contribution in [3.05, 3.63) is 96.4 Å². The zero-order valence-electron chi connectivity index (χ0n) is 17.8. The normalized spacial score (nSPS) is 12.0. The molecule has 0 saturated carbocycles. The van der Waals surface area contributed by atoms with Gasteiger partial charge in [-0.05, 0) is 36.4 Å². The molecule has 0 spiro atoms. The van der Waals surface area contributed by atoms with Crippen molar-refractivity contribution in [3.63, 3.8) is 0 Å². The first-order chi connectivity index (χ1) is 16.8. The number of benzene rings is 3. The van der Waals surface area contributed by atoms with E-state index in [1.165, 1.54) is 11.3 Å². The molecule has 0 aliphatic rings. The molecule has 0 aliphatic carbocycles. The van der Waals surface area contributed by atoms with E-state index >= 15 is 0 Å². The molecule has 0 unspecified atom stereocenters. The topological polar surface area (TPSA) is 68.3 Å². The van der Waals surface area contributed by atoms with Crippen molar-refractivity contribution in [3.8, 4) is 22.9 Å². The SMILES string of the molecule is c1ccc(N=Nc2nc3scc(-c4cc5ccccc5o4)n3c2-c2cc3ccccc3o2)cc1. The van der Waals surface area contributed by atoms with Crippen LogP contribution in [0.5, 0.6) is 0 Å². The molecule has 0 bridgehead atoms.